The van der Waals surface area contributed by atoms with Gasteiger partial charge in [-0.05, 0) is 31.0 Å². The molecule has 1 aliphatic carbocycles. The summed E-state index contributed by atoms with van der Waals surface area (Å²) in [5.41, 5.74) is 0.199. The molecule has 1 saturated heterocycles. The van der Waals surface area contributed by atoms with Gasteiger partial charge >= 0.3 is 6.09 Å². The van der Waals surface area contributed by atoms with Crippen molar-refractivity contribution in [1.29, 1.82) is 0 Å². The lowest BCUT2D eigenvalue weighted by molar-refractivity contribution is 0.0914. The predicted octanol–water partition coefficient (Wildman–Crippen LogP) is 0.812. The number of carbonyl (C=O) groups excluding carboxylic acids is 2. The standard InChI is InChI=1S/C16H20N2O6S/c1-23-13-6-3-10(7-14(13)25(2,21)22)15(19)17-8-12-9-18(11-4-5-11)16(20)24-12/h3,6-7,11-12H,4-5,8-9H2,1-2H3,(H,17,19). The number of hydrogen-bond acceptors (Lipinski definition) is 6. The molecule has 0 bridgehead atoms. The number of benzene rings is 1. The van der Waals surface area contributed by atoms with E-state index in [2.05, 4.69) is 5.32 Å². The number of amides is 2. The summed E-state index contributed by atoms with van der Waals surface area (Å²) < 4.78 is 33.9. The van der Waals surface area contributed by atoms with Crippen LogP contribution in [-0.2, 0) is 14.6 Å². The van der Waals surface area contributed by atoms with Crippen molar-refractivity contribution < 1.29 is 27.5 Å². The Balaban J connectivity index is 1.64. The second-order valence-corrected chi connectivity index (χ2v) is 8.22. The molecule has 0 radical (unpaired) electrons. The molecule has 1 aromatic rings. The highest BCUT2D eigenvalue weighted by Gasteiger charge is 2.40. The molecule has 1 unspecified atom stereocenters. The van der Waals surface area contributed by atoms with Gasteiger partial charge in [0.1, 0.15) is 16.7 Å². The van der Waals surface area contributed by atoms with Gasteiger partial charge in [0.05, 0.1) is 20.2 Å². The summed E-state index contributed by atoms with van der Waals surface area (Å²) in [4.78, 5) is 25.6. The molecule has 0 aromatic heterocycles. The van der Waals surface area contributed by atoms with Crippen LogP contribution in [0.4, 0.5) is 4.79 Å². The third-order valence-corrected chi connectivity index (χ3v) is 5.32. The second-order valence-electron chi connectivity index (χ2n) is 6.24. The zero-order valence-electron chi connectivity index (χ0n) is 14.0. The van der Waals surface area contributed by atoms with Crippen molar-refractivity contribution in [2.24, 2.45) is 0 Å². The Morgan fingerprint density at radius 1 is 1.40 bits per heavy atom. The molecule has 8 nitrogen and oxygen atoms in total. The first kappa shape index (κ1) is 17.5. The van der Waals surface area contributed by atoms with Crippen LogP contribution in [0.15, 0.2) is 23.1 Å². The SMILES string of the molecule is COc1ccc(C(=O)NCC2CN(C3CC3)C(=O)O2)cc1S(C)(=O)=O. The molecule has 2 fully saturated rings. The van der Waals surface area contributed by atoms with Crippen LogP contribution in [0, 0.1) is 0 Å². The van der Waals surface area contributed by atoms with Crippen molar-refractivity contribution in [3.63, 3.8) is 0 Å². The van der Waals surface area contributed by atoms with Crippen molar-refractivity contribution >= 4 is 21.8 Å². The minimum atomic E-state index is -3.53. The lowest BCUT2D eigenvalue weighted by Gasteiger charge is -2.12. The molecule has 9 heteroatoms. The fourth-order valence-corrected chi connectivity index (χ4v) is 3.61. The molecule has 1 heterocycles. The normalized spacial score (nSPS) is 20.3. The highest BCUT2D eigenvalue weighted by molar-refractivity contribution is 7.90. The van der Waals surface area contributed by atoms with E-state index in [9.17, 15) is 18.0 Å². The maximum atomic E-state index is 12.3. The average molecular weight is 368 g/mol. The smallest absolute Gasteiger partial charge is 0.410 e. The number of nitrogens with zero attached hydrogens (tertiary/aromatic N) is 1. The Morgan fingerprint density at radius 2 is 2.12 bits per heavy atom. The number of sulfone groups is 1. The Labute approximate surface area is 146 Å². The molecule has 1 N–H and O–H groups in total. The number of hydrogen-bond donors (Lipinski definition) is 1. The summed E-state index contributed by atoms with van der Waals surface area (Å²) in [6, 6.07) is 4.48. The van der Waals surface area contributed by atoms with Gasteiger partial charge in [-0.25, -0.2) is 13.2 Å². The number of ether oxygens (including phenoxy) is 2. The summed E-state index contributed by atoms with van der Waals surface area (Å²) in [6.07, 6.45) is 2.30. The van der Waals surface area contributed by atoms with Crippen LogP contribution in [-0.4, -0.2) is 63.9 Å². The molecule has 1 saturated carbocycles. The van der Waals surface area contributed by atoms with E-state index in [1.165, 1.54) is 25.3 Å². The molecule has 136 valence electrons. The van der Waals surface area contributed by atoms with E-state index >= 15 is 0 Å². The summed E-state index contributed by atoms with van der Waals surface area (Å²) in [5, 5.41) is 2.68. The van der Waals surface area contributed by atoms with Crippen LogP contribution in [0.5, 0.6) is 5.75 Å². The molecule has 3 rings (SSSR count). The van der Waals surface area contributed by atoms with Gasteiger partial charge in [-0.3, -0.25) is 4.79 Å². The van der Waals surface area contributed by atoms with Gasteiger partial charge in [0, 0.05) is 17.9 Å². The van der Waals surface area contributed by atoms with Crippen LogP contribution >= 0.6 is 0 Å². The van der Waals surface area contributed by atoms with Crippen LogP contribution in [0.3, 0.4) is 0 Å². The number of cyclic esters (lactones) is 1. The van der Waals surface area contributed by atoms with Gasteiger partial charge in [0.15, 0.2) is 9.84 Å². The molecular formula is C16H20N2O6S. The summed E-state index contributed by atoms with van der Waals surface area (Å²) in [6.45, 7) is 0.634. The lowest BCUT2D eigenvalue weighted by Crippen LogP contribution is -2.35. The maximum Gasteiger partial charge on any atom is 0.410 e. The fourth-order valence-electron chi connectivity index (χ4n) is 2.75. The van der Waals surface area contributed by atoms with Gasteiger partial charge in [-0.1, -0.05) is 0 Å². The number of methoxy groups -OCH3 is 1. The van der Waals surface area contributed by atoms with E-state index < -0.39 is 21.8 Å². The van der Waals surface area contributed by atoms with Gasteiger partial charge < -0.3 is 19.7 Å². The largest absolute Gasteiger partial charge is 0.495 e. The van der Waals surface area contributed by atoms with E-state index in [1.807, 2.05) is 0 Å². The van der Waals surface area contributed by atoms with Crippen LogP contribution in [0.2, 0.25) is 0 Å². The zero-order valence-corrected chi connectivity index (χ0v) is 14.8. The monoisotopic (exact) mass is 368 g/mol. The Kier molecular flexibility index (Phi) is 4.59. The first-order valence-electron chi connectivity index (χ1n) is 7.93. The number of carbonyl (C=O) groups is 2. The van der Waals surface area contributed by atoms with Gasteiger partial charge in [-0.2, -0.15) is 0 Å². The third kappa shape index (κ3) is 3.87. The van der Waals surface area contributed by atoms with Crippen LogP contribution in [0.25, 0.3) is 0 Å². The van der Waals surface area contributed by atoms with Crippen molar-refractivity contribution in [3.05, 3.63) is 23.8 Å². The van der Waals surface area contributed by atoms with E-state index in [4.69, 9.17) is 9.47 Å². The van der Waals surface area contributed by atoms with Crippen LogP contribution in [0.1, 0.15) is 23.2 Å². The highest BCUT2D eigenvalue weighted by Crippen LogP contribution is 2.30. The Bertz CT molecular complexity index is 803. The number of rotatable bonds is 6. The van der Waals surface area contributed by atoms with Crippen molar-refractivity contribution in [2.75, 3.05) is 26.5 Å². The molecule has 1 aliphatic heterocycles. The summed E-state index contributed by atoms with van der Waals surface area (Å²) in [7, 11) is -2.17. The quantitative estimate of drug-likeness (QED) is 0.797. The Morgan fingerprint density at radius 3 is 2.72 bits per heavy atom. The van der Waals surface area contributed by atoms with Gasteiger partial charge in [-0.15, -0.1) is 0 Å². The van der Waals surface area contributed by atoms with Crippen LogP contribution < -0.4 is 10.1 Å². The molecule has 1 atom stereocenters. The molecule has 25 heavy (non-hydrogen) atoms. The van der Waals surface area contributed by atoms with Crippen molar-refractivity contribution in [2.45, 2.75) is 29.9 Å². The maximum absolute atomic E-state index is 12.3. The second kappa shape index (κ2) is 6.55. The highest BCUT2D eigenvalue weighted by atomic mass is 32.2. The molecule has 2 aliphatic rings. The Hall–Kier alpha value is -2.29. The lowest BCUT2D eigenvalue weighted by atomic mass is 10.2. The summed E-state index contributed by atoms with van der Waals surface area (Å²) >= 11 is 0. The molecular weight excluding hydrogens is 348 g/mol. The van der Waals surface area contributed by atoms with Crippen molar-refractivity contribution in [3.8, 4) is 5.75 Å². The predicted molar refractivity (Wildman–Crippen MR) is 88.4 cm³/mol. The first-order valence-corrected chi connectivity index (χ1v) is 9.82. The van der Waals surface area contributed by atoms with Gasteiger partial charge in [0.2, 0.25) is 0 Å². The van der Waals surface area contributed by atoms with E-state index in [0.29, 0.717) is 6.54 Å². The number of nitrogens with one attached hydrogen (secondary N) is 1. The zero-order chi connectivity index (χ0) is 18.2. The van der Waals surface area contributed by atoms with Crippen molar-refractivity contribution in [1.82, 2.24) is 10.2 Å². The fraction of sp³-hybridized carbons (Fsp3) is 0.500. The summed E-state index contributed by atoms with van der Waals surface area (Å²) in [5.74, 6) is -0.252. The van der Waals surface area contributed by atoms with E-state index in [1.54, 1.807) is 4.90 Å². The first-order chi connectivity index (χ1) is 11.8. The minimum absolute atomic E-state index is 0.0464. The molecule has 0 spiro atoms. The van der Waals surface area contributed by atoms with E-state index in [0.717, 1.165) is 19.1 Å². The average Bonchev–Trinajstić information content (AvgIpc) is 3.34. The van der Waals surface area contributed by atoms with E-state index in [-0.39, 0.29) is 34.9 Å². The van der Waals surface area contributed by atoms with Gasteiger partial charge in [0.25, 0.3) is 5.91 Å². The minimum Gasteiger partial charge on any atom is -0.495 e. The molecule has 1 aromatic carbocycles. The third-order valence-electron chi connectivity index (χ3n) is 4.21. The topological polar surface area (TPSA) is 102 Å². The molecule has 2 amide bonds.